The molecule has 96 valence electrons. The van der Waals surface area contributed by atoms with Crippen LogP contribution in [0.25, 0.3) is 11.0 Å². The van der Waals surface area contributed by atoms with E-state index in [0.717, 1.165) is 0 Å². The summed E-state index contributed by atoms with van der Waals surface area (Å²) in [5, 5.41) is 0.347. The lowest BCUT2D eigenvalue weighted by Gasteiger charge is -2.14. The molecule has 0 fully saturated rings. The van der Waals surface area contributed by atoms with E-state index in [1.807, 2.05) is 6.92 Å². The summed E-state index contributed by atoms with van der Waals surface area (Å²) in [7, 11) is 1.60. The molecule has 0 spiro atoms. The maximum atomic E-state index is 5.85. The Hall–Kier alpha value is -1.66. The molecule has 0 aliphatic rings. The predicted molar refractivity (Wildman–Crippen MR) is 68.7 cm³/mol. The van der Waals surface area contributed by atoms with Gasteiger partial charge in [0.15, 0.2) is 5.52 Å². The van der Waals surface area contributed by atoms with Crippen LogP contribution in [0.2, 0.25) is 5.15 Å². The molecule has 0 aromatic carbocycles. The lowest BCUT2D eigenvalue weighted by atomic mass is 10.3. The van der Waals surface area contributed by atoms with E-state index in [1.165, 1.54) is 0 Å². The van der Waals surface area contributed by atoms with Crippen molar-refractivity contribution < 1.29 is 9.47 Å². The second-order valence-corrected chi connectivity index (χ2v) is 4.16. The second kappa shape index (κ2) is 5.32. The fourth-order valence-corrected chi connectivity index (χ4v) is 1.67. The summed E-state index contributed by atoms with van der Waals surface area (Å²) in [6.45, 7) is 2.30. The van der Waals surface area contributed by atoms with Gasteiger partial charge >= 0.3 is 0 Å². The highest BCUT2D eigenvalue weighted by molar-refractivity contribution is 6.29. The van der Waals surface area contributed by atoms with Crippen molar-refractivity contribution in [1.82, 2.24) is 15.0 Å². The summed E-state index contributed by atoms with van der Waals surface area (Å²) in [5.74, 6) is 0.441. The van der Waals surface area contributed by atoms with Gasteiger partial charge in [-0.1, -0.05) is 11.6 Å². The minimum absolute atomic E-state index is 0.131. The molecule has 7 heteroatoms. The molecule has 2 heterocycles. The Kier molecular flexibility index (Phi) is 3.78. The highest BCUT2D eigenvalue weighted by Gasteiger charge is 2.12. The van der Waals surface area contributed by atoms with Crippen molar-refractivity contribution >= 4 is 28.6 Å². The smallest absolute Gasteiger partial charge is 0.245 e. The van der Waals surface area contributed by atoms with Crippen LogP contribution in [0, 0.1) is 0 Å². The van der Waals surface area contributed by atoms with Crippen molar-refractivity contribution in [1.29, 1.82) is 0 Å². The second-order valence-electron chi connectivity index (χ2n) is 3.77. The third kappa shape index (κ3) is 2.77. The third-order valence-electron chi connectivity index (χ3n) is 2.21. The molecular weight excluding hydrogens is 256 g/mol. The van der Waals surface area contributed by atoms with Crippen LogP contribution in [-0.4, -0.2) is 34.8 Å². The number of ether oxygens (including phenoxy) is 2. The Bertz CT molecular complexity index is 564. The zero-order valence-corrected chi connectivity index (χ0v) is 10.8. The number of nitrogens with two attached hydrogens (primary N) is 1. The molecule has 0 radical (unpaired) electrons. The Labute approximate surface area is 109 Å². The Morgan fingerprint density at radius 1 is 1.33 bits per heavy atom. The van der Waals surface area contributed by atoms with Gasteiger partial charge in [-0.3, -0.25) is 0 Å². The first-order chi connectivity index (χ1) is 8.60. The molecule has 0 saturated heterocycles. The fraction of sp³-hybridized carbons (Fsp3) is 0.364. The summed E-state index contributed by atoms with van der Waals surface area (Å²) >= 11 is 5.85. The van der Waals surface area contributed by atoms with Gasteiger partial charge < -0.3 is 15.2 Å². The van der Waals surface area contributed by atoms with Crippen LogP contribution in [0.1, 0.15) is 6.92 Å². The average Bonchev–Trinajstić information content (AvgIpc) is 2.30. The van der Waals surface area contributed by atoms with Crippen molar-refractivity contribution in [3.05, 3.63) is 17.3 Å². The zero-order chi connectivity index (χ0) is 13.1. The Morgan fingerprint density at radius 2 is 2.11 bits per heavy atom. The molecule has 18 heavy (non-hydrogen) atoms. The van der Waals surface area contributed by atoms with Gasteiger partial charge in [-0.05, 0) is 19.1 Å². The molecule has 0 bridgehead atoms. The largest absolute Gasteiger partial charge is 0.471 e. The monoisotopic (exact) mass is 268 g/mol. The number of pyridine rings is 1. The number of methoxy groups -OCH3 is 1. The molecule has 1 atom stereocenters. The van der Waals surface area contributed by atoms with Crippen LogP contribution < -0.4 is 10.5 Å². The van der Waals surface area contributed by atoms with E-state index >= 15 is 0 Å². The zero-order valence-electron chi connectivity index (χ0n) is 10.1. The number of halogens is 1. The van der Waals surface area contributed by atoms with Crippen LogP contribution in [0.5, 0.6) is 5.88 Å². The number of hydrogen-bond donors (Lipinski definition) is 1. The van der Waals surface area contributed by atoms with Gasteiger partial charge in [0.05, 0.1) is 12.1 Å². The molecular formula is C11H13ClN4O2. The molecule has 2 aromatic heterocycles. The first-order valence-corrected chi connectivity index (χ1v) is 5.73. The van der Waals surface area contributed by atoms with Gasteiger partial charge in [-0.25, -0.2) is 9.97 Å². The van der Waals surface area contributed by atoms with E-state index in [1.54, 1.807) is 19.2 Å². The maximum Gasteiger partial charge on any atom is 0.245 e. The molecule has 2 aromatic rings. The highest BCUT2D eigenvalue weighted by atomic mass is 35.5. The summed E-state index contributed by atoms with van der Waals surface area (Å²) < 4.78 is 10.6. The maximum absolute atomic E-state index is 5.85. The van der Waals surface area contributed by atoms with Gasteiger partial charge in [-0.2, -0.15) is 4.98 Å². The minimum Gasteiger partial charge on any atom is -0.471 e. The van der Waals surface area contributed by atoms with Crippen LogP contribution >= 0.6 is 11.6 Å². The summed E-state index contributed by atoms with van der Waals surface area (Å²) in [6, 6.07) is 3.36. The number of nitrogens with zero attached hydrogens (tertiary/aromatic N) is 3. The Balaban J connectivity index is 2.44. The first kappa shape index (κ1) is 12.8. The lowest BCUT2D eigenvalue weighted by molar-refractivity contribution is 0.0900. The third-order valence-corrected chi connectivity index (χ3v) is 2.42. The van der Waals surface area contributed by atoms with Gasteiger partial charge in [0.1, 0.15) is 11.3 Å². The van der Waals surface area contributed by atoms with Crippen LogP contribution in [0.15, 0.2) is 12.1 Å². The summed E-state index contributed by atoms with van der Waals surface area (Å²) in [4.78, 5) is 12.2. The fourth-order valence-electron chi connectivity index (χ4n) is 1.52. The molecule has 0 saturated carbocycles. The van der Waals surface area contributed by atoms with E-state index in [4.69, 9.17) is 26.8 Å². The van der Waals surface area contributed by atoms with Crippen LogP contribution in [-0.2, 0) is 4.74 Å². The van der Waals surface area contributed by atoms with Gasteiger partial charge in [0.25, 0.3) is 0 Å². The van der Waals surface area contributed by atoms with Crippen molar-refractivity contribution in [3.8, 4) is 5.88 Å². The molecule has 2 rings (SSSR count). The Morgan fingerprint density at radius 3 is 2.83 bits per heavy atom. The quantitative estimate of drug-likeness (QED) is 0.850. The SMILES string of the molecule is COC[C@@H](C)Oc1nc(N)nc2ccc(Cl)nc12. The van der Waals surface area contributed by atoms with Gasteiger partial charge in [0, 0.05) is 7.11 Å². The number of hydrogen-bond acceptors (Lipinski definition) is 6. The standard InChI is InChI=1S/C11H13ClN4O2/c1-6(5-17-2)18-10-9-7(14-11(13)16-10)3-4-8(12)15-9/h3-4,6H,5H2,1-2H3,(H2,13,14,16)/t6-/m1/s1. The van der Waals surface area contributed by atoms with E-state index in [0.29, 0.717) is 28.7 Å². The predicted octanol–water partition coefficient (Wildman–Crippen LogP) is 1.67. The van der Waals surface area contributed by atoms with Crippen molar-refractivity contribution in [2.75, 3.05) is 19.5 Å². The van der Waals surface area contributed by atoms with Crippen LogP contribution in [0.3, 0.4) is 0 Å². The van der Waals surface area contributed by atoms with E-state index in [9.17, 15) is 0 Å². The van der Waals surface area contributed by atoms with Crippen molar-refractivity contribution in [3.63, 3.8) is 0 Å². The van der Waals surface area contributed by atoms with Crippen LogP contribution in [0.4, 0.5) is 5.95 Å². The summed E-state index contributed by atoms with van der Waals surface area (Å²) in [6.07, 6.45) is -0.173. The summed E-state index contributed by atoms with van der Waals surface area (Å²) in [5.41, 5.74) is 6.69. The van der Waals surface area contributed by atoms with Gasteiger partial charge in [0.2, 0.25) is 11.8 Å². The van der Waals surface area contributed by atoms with E-state index in [2.05, 4.69) is 15.0 Å². The number of fused-ring (bicyclic) bond motifs is 1. The molecule has 0 unspecified atom stereocenters. The topological polar surface area (TPSA) is 83.2 Å². The normalized spacial score (nSPS) is 12.6. The first-order valence-electron chi connectivity index (χ1n) is 5.35. The number of nitrogen functional groups attached to an aromatic ring is 1. The van der Waals surface area contributed by atoms with Gasteiger partial charge in [-0.15, -0.1) is 0 Å². The number of anilines is 1. The highest BCUT2D eigenvalue weighted by Crippen LogP contribution is 2.23. The molecule has 6 nitrogen and oxygen atoms in total. The molecule has 0 aliphatic heterocycles. The van der Waals surface area contributed by atoms with Crippen molar-refractivity contribution in [2.24, 2.45) is 0 Å². The molecule has 0 aliphatic carbocycles. The number of aromatic nitrogens is 3. The average molecular weight is 269 g/mol. The van der Waals surface area contributed by atoms with E-state index in [-0.39, 0.29) is 12.1 Å². The molecule has 2 N–H and O–H groups in total. The number of rotatable bonds is 4. The minimum atomic E-state index is -0.173. The van der Waals surface area contributed by atoms with E-state index < -0.39 is 0 Å². The molecule has 0 amide bonds. The van der Waals surface area contributed by atoms with Crippen molar-refractivity contribution in [2.45, 2.75) is 13.0 Å². The lowest BCUT2D eigenvalue weighted by Crippen LogP contribution is -2.19.